The van der Waals surface area contributed by atoms with Gasteiger partial charge < -0.3 is 20.3 Å². The number of alkyl carbamates (subject to hydrolysis) is 1. The number of rotatable bonds is 5. The topological polar surface area (TPSA) is 95.9 Å². The van der Waals surface area contributed by atoms with Gasteiger partial charge in [0.2, 0.25) is 0 Å². The molecule has 6 nitrogen and oxygen atoms in total. The van der Waals surface area contributed by atoms with E-state index < -0.39 is 36.7 Å². The predicted molar refractivity (Wildman–Crippen MR) is 91.3 cm³/mol. The Labute approximate surface area is 146 Å². The Morgan fingerprint density at radius 1 is 1.16 bits per heavy atom. The number of hydrogen-bond acceptors (Lipinski definition) is 4. The van der Waals surface area contributed by atoms with Gasteiger partial charge >= 0.3 is 12.1 Å². The van der Waals surface area contributed by atoms with Crippen molar-refractivity contribution in [3.8, 4) is 11.1 Å². The molecule has 0 heterocycles. The minimum Gasteiger partial charge on any atom is -0.480 e. The van der Waals surface area contributed by atoms with Crippen LogP contribution in [0.5, 0.6) is 0 Å². The van der Waals surface area contributed by atoms with Crippen molar-refractivity contribution in [3.63, 3.8) is 0 Å². The lowest BCUT2D eigenvalue weighted by Gasteiger charge is -2.18. The van der Waals surface area contributed by atoms with Crippen LogP contribution in [0.3, 0.4) is 0 Å². The quantitative estimate of drug-likeness (QED) is 0.775. The molecule has 0 fully saturated rings. The summed E-state index contributed by atoms with van der Waals surface area (Å²) in [5.74, 6) is -1.85. The summed E-state index contributed by atoms with van der Waals surface area (Å²) in [6.07, 6.45) is -2.35. The molecule has 3 N–H and O–H groups in total. The second-order valence-electron chi connectivity index (χ2n) is 5.89. The van der Waals surface area contributed by atoms with Gasteiger partial charge in [0.25, 0.3) is 0 Å². The van der Waals surface area contributed by atoms with E-state index in [1.54, 1.807) is 0 Å². The van der Waals surface area contributed by atoms with Gasteiger partial charge in [-0.3, -0.25) is 0 Å². The molecular formula is C19H19NO5. The maximum Gasteiger partial charge on any atom is 0.407 e. The van der Waals surface area contributed by atoms with E-state index >= 15 is 0 Å². The van der Waals surface area contributed by atoms with Crippen LogP contribution in [0.15, 0.2) is 48.5 Å². The van der Waals surface area contributed by atoms with Crippen LogP contribution in [-0.4, -0.2) is 41.0 Å². The minimum absolute atomic E-state index is 0.469. The van der Waals surface area contributed by atoms with E-state index in [0.29, 0.717) is 0 Å². The number of ether oxygens (including phenoxy) is 1. The van der Waals surface area contributed by atoms with Crippen molar-refractivity contribution < 1.29 is 25.9 Å². The molecule has 25 heavy (non-hydrogen) atoms. The fraction of sp³-hybridized carbons (Fsp3) is 0.263. The van der Waals surface area contributed by atoms with Gasteiger partial charge in [-0.1, -0.05) is 48.5 Å². The number of aliphatic carboxylic acids is 1. The van der Waals surface area contributed by atoms with Crippen LogP contribution in [0.25, 0.3) is 11.1 Å². The van der Waals surface area contributed by atoms with Crippen LogP contribution in [0.1, 0.15) is 25.3 Å². The zero-order valence-electron chi connectivity index (χ0n) is 14.5. The average Bonchev–Trinajstić information content (AvgIpc) is 2.93. The normalized spacial score (nSPS) is 16.8. The SMILES string of the molecule is [2H]C(OC(=O)N[C@H](C(=O)O)[C@@H](C)O)C1c2ccccc2-c2ccccc21. The standard InChI is InChI=1S/C19H19NO5/c1-11(21)17(18(22)23)20-19(24)25-10-16-14-8-4-2-6-12(14)13-7-3-5-9-15(13)16/h2-9,11,16-17,21H,10H2,1H3,(H,20,24)(H,22,23)/t11-,17+/m1/s1/i10D/t10?,11-,17+. The molecule has 0 spiro atoms. The summed E-state index contributed by atoms with van der Waals surface area (Å²) in [6.45, 7) is -0.0102. The van der Waals surface area contributed by atoms with Crippen molar-refractivity contribution in [1.82, 2.24) is 5.32 Å². The fourth-order valence-electron chi connectivity index (χ4n) is 3.02. The molecule has 0 aromatic heterocycles. The number of fused-ring (bicyclic) bond motifs is 3. The largest absolute Gasteiger partial charge is 0.480 e. The molecule has 2 aromatic rings. The van der Waals surface area contributed by atoms with Gasteiger partial charge in [0, 0.05) is 5.92 Å². The van der Waals surface area contributed by atoms with Crippen molar-refractivity contribution in [2.45, 2.75) is 25.0 Å². The molecule has 0 bridgehead atoms. The maximum absolute atomic E-state index is 12.0. The van der Waals surface area contributed by atoms with E-state index in [2.05, 4.69) is 5.32 Å². The molecular weight excluding hydrogens is 322 g/mol. The van der Waals surface area contributed by atoms with Crippen LogP contribution in [0.4, 0.5) is 4.79 Å². The van der Waals surface area contributed by atoms with Crippen LogP contribution >= 0.6 is 0 Å². The summed E-state index contributed by atoms with van der Waals surface area (Å²) in [7, 11) is 0. The molecule has 1 amide bonds. The number of carbonyl (C=O) groups is 2. The van der Waals surface area contributed by atoms with Gasteiger partial charge in [0.1, 0.15) is 6.58 Å². The number of carboxylic acids is 1. The molecule has 0 radical (unpaired) electrons. The van der Waals surface area contributed by atoms with Crippen LogP contribution < -0.4 is 5.32 Å². The van der Waals surface area contributed by atoms with E-state index in [1.165, 1.54) is 6.92 Å². The van der Waals surface area contributed by atoms with Gasteiger partial charge in [-0.15, -0.1) is 0 Å². The van der Waals surface area contributed by atoms with E-state index in [-0.39, 0.29) is 0 Å². The monoisotopic (exact) mass is 342 g/mol. The number of aliphatic hydroxyl groups excluding tert-OH is 1. The second kappa shape index (κ2) is 6.94. The summed E-state index contributed by atoms with van der Waals surface area (Å²) in [5, 5.41) is 20.5. The third-order valence-corrected chi connectivity index (χ3v) is 4.21. The van der Waals surface area contributed by atoms with Gasteiger partial charge in [-0.25, -0.2) is 9.59 Å². The van der Waals surface area contributed by atoms with Crippen LogP contribution in [0.2, 0.25) is 0 Å². The molecule has 1 unspecified atom stereocenters. The number of hydrogen-bond donors (Lipinski definition) is 3. The fourth-order valence-corrected chi connectivity index (χ4v) is 3.02. The maximum atomic E-state index is 12.0. The lowest BCUT2D eigenvalue weighted by molar-refractivity contribution is -0.142. The van der Waals surface area contributed by atoms with E-state index in [0.717, 1.165) is 22.3 Å². The van der Waals surface area contributed by atoms with Crippen molar-refractivity contribution in [1.29, 1.82) is 0 Å². The molecule has 1 aliphatic rings. The molecule has 130 valence electrons. The number of amides is 1. The number of carboxylic acid groups (broad SMARTS) is 1. The first-order valence-corrected chi connectivity index (χ1v) is 7.88. The molecule has 0 saturated carbocycles. The molecule has 2 aromatic carbocycles. The molecule has 3 atom stereocenters. The van der Waals surface area contributed by atoms with Crippen molar-refractivity contribution in [2.75, 3.05) is 6.58 Å². The summed E-state index contributed by atoms with van der Waals surface area (Å²) in [5.41, 5.74) is 3.74. The highest BCUT2D eigenvalue weighted by atomic mass is 16.5. The Bertz CT molecular complexity index is 793. The number of nitrogens with one attached hydrogen (secondary N) is 1. The van der Waals surface area contributed by atoms with Gasteiger partial charge in [0.05, 0.1) is 7.47 Å². The van der Waals surface area contributed by atoms with Crippen LogP contribution in [0, 0.1) is 0 Å². The van der Waals surface area contributed by atoms with Gasteiger partial charge in [-0.05, 0) is 29.2 Å². The van der Waals surface area contributed by atoms with Crippen molar-refractivity contribution in [3.05, 3.63) is 59.7 Å². The summed E-state index contributed by atoms with van der Waals surface area (Å²) in [6, 6.07) is 13.7. The zero-order chi connectivity index (χ0) is 18.8. The number of benzene rings is 2. The number of aliphatic hydroxyl groups is 1. The summed E-state index contributed by atoms with van der Waals surface area (Å²) in [4.78, 5) is 23.1. The first-order valence-electron chi connectivity index (χ1n) is 8.46. The smallest absolute Gasteiger partial charge is 0.407 e. The minimum atomic E-state index is -1.50. The van der Waals surface area contributed by atoms with E-state index in [1.807, 2.05) is 48.5 Å². The molecule has 0 aliphatic heterocycles. The van der Waals surface area contributed by atoms with Crippen molar-refractivity contribution >= 4 is 12.1 Å². The van der Waals surface area contributed by atoms with E-state index in [4.69, 9.17) is 11.2 Å². The third kappa shape index (κ3) is 3.34. The Balaban J connectivity index is 1.81. The molecule has 0 saturated heterocycles. The summed E-state index contributed by atoms with van der Waals surface area (Å²) >= 11 is 0. The first kappa shape index (κ1) is 15.7. The van der Waals surface area contributed by atoms with Gasteiger partial charge in [-0.2, -0.15) is 0 Å². The zero-order valence-corrected chi connectivity index (χ0v) is 13.5. The second-order valence-corrected chi connectivity index (χ2v) is 5.89. The summed E-state index contributed by atoms with van der Waals surface area (Å²) < 4.78 is 13.4. The first-order chi connectivity index (χ1) is 12.4. The average molecular weight is 342 g/mol. The Morgan fingerprint density at radius 2 is 1.68 bits per heavy atom. The lowest BCUT2D eigenvalue weighted by atomic mass is 9.98. The lowest BCUT2D eigenvalue weighted by Crippen LogP contribution is -2.48. The third-order valence-electron chi connectivity index (χ3n) is 4.21. The Morgan fingerprint density at radius 3 is 2.16 bits per heavy atom. The van der Waals surface area contributed by atoms with Gasteiger partial charge in [0.15, 0.2) is 6.04 Å². The predicted octanol–water partition coefficient (Wildman–Crippen LogP) is 2.36. The van der Waals surface area contributed by atoms with Crippen LogP contribution in [-0.2, 0) is 9.53 Å². The Kier molecular flexibility index (Phi) is 4.35. The van der Waals surface area contributed by atoms with E-state index in [9.17, 15) is 14.7 Å². The number of carbonyl (C=O) groups excluding carboxylic acids is 1. The Hall–Kier alpha value is -2.86. The molecule has 3 rings (SSSR count). The molecule has 6 heteroatoms. The molecule has 1 aliphatic carbocycles. The van der Waals surface area contributed by atoms with Crippen molar-refractivity contribution in [2.24, 2.45) is 0 Å². The highest BCUT2D eigenvalue weighted by Gasteiger charge is 2.30. The highest BCUT2D eigenvalue weighted by molar-refractivity contribution is 5.81. The highest BCUT2D eigenvalue weighted by Crippen LogP contribution is 2.44.